The fourth-order valence-corrected chi connectivity index (χ4v) is 3.69. The summed E-state index contributed by atoms with van der Waals surface area (Å²) >= 11 is 0. The van der Waals surface area contributed by atoms with Crippen molar-refractivity contribution in [2.24, 2.45) is 5.92 Å². The molecule has 1 saturated heterocycles. The minimum Gasteiger partial charge on any atom is -0.313 e. The average Bonchev–Trinajstić information content (AvgIpc) is 2.76. The van der Waals surface area contributed by atoms with E-state index in [-0.39, 0.29) is 0 Å². The largest absolute Gasteiger partial charge is 0.313 e. The number of fused-ring (bicyclic) bond motifs is 1. The lowest BCUT2D eigenvalue weighted by molar-refractivity contribution is 0.187. The van der Waals surface area contributed by atoms with Gasteiger partial charge in [-0.3, -0.25) is 0 Å². The maximum absolute atomic E-state index is 3.86. The van der Waals surface area contributed by atoms with Gasteiger partial charge in [0.15, 0.2) is 0 Å². The zero-order valence-corrected chi connectivity index (χ0v) is 13.3. The zero-order chi connectivity index (χ0) is 14.5. The van der Waals surface area contributed by atoms with Crippen molar-refractivity contribution in [3.63, 3.8) is 0 Å². The molecule has 116 valence electrons. The number of hydrogen-bond acceptors (Lipinski definition) is 3. The van der Waals surface area contributed by atoms with Crippen LogP contribution in [0.15, 0.2) is 24.3 Å². The van der Waals surface area contributed by atoms with Crippen LogP contribution >= 0.6 is 0 Å². The highest BCUT2D eigenvalue weighted by Gasteiger charge is 2.21. The maximum atomic E-state index is 3.86. The van der Waals surface area contributed by atoms with Crippen molar-refractivity contribution >= 4 is 0 Å². The predicted octanol–water partition coefficient (Wildman–Crippen LogP) is 2.54. The normalized spacial score (nSPS) is 24.5. The van der Waals surface area contributed by atoms with Gasteiger partial charge in [-0.15, -0.1) is 0 Å². The molecule has 0 aromatic heterocycles. The Morgan fingerprint density at radius 1 is 1.19 bits per heavy atom. The molecule has 2 aliphatic rings. The summed E-state index contributed by atoms with van der Waals surface area (Å²) in [5.41, 5.74) is 2.97. The minimum atomic E-state index is 0.528. The molecule has 3 rings (SSSR count). The molecule has 1 aromatic rings. The summed E-state index contributed by atoms with van der Waals surface area (Å²) in [6.45, 7) is 9.35. The van der Waals surface area contributed by atoms with Gasteiger partial charge in [0.2, 0.25) is 0 Å². The summed E-state index contributed by atoms with van der Waals surface area (Å²) in [7, 11) is 0. The lowest BCUT2D eigenvalue weighted by atomic mass is 9.94. The van der Waals surface area contributed by atoms with Crippen LogP contribution < -0.4 is 10.6 Å². The van der Waals surface area contributed by atoms with Crippen molar-refractivity contribution in [1.82, 2.24) is 15.5 Å². The second kappa shape index (κ2) is 7.39. The smallest absolute Gasteiger partial charge is 0.0335 e. The lowest BCUT2D eigenvalue weighted by Crippen LogP contribution is -2.38. The van der Waals surface area contributed by atoms with E-state index in [0.717, 1.165) is 19.0 Å². The van der Waals surface area contributed by atoms with Crippen molar-refractivity contribution in [2.45, 2.75) is 38.8 Å². The first-order valence-corrected chi connectivity index (χ1v) is 8.61. The molecule has 1 aromatic carbocycles. The van der Waals surface area contributed by atoms with Gasteiger partial charge in [0.25, 0.3) is 0 Å². The molecule has 0 saturated carbocycles. The van der Waals surface area contributed by atoms with Gasteiger partial charge in [-0.25, -0.2) is 0 Å². The third-order valence-electron chi connectivity index (χ3n) is 5.16. The standard InChI is InChI=1S/C18H29N3/c1-2-21-11-8-15(9-12-21)13-20-18-7-10-19-14-16-5-3-4-6-17(16)18/h3-6,15,18-20H,2,7-14H2,1H3. The summed E-state index contributed by atoms with van der Waals surface area (Å²) in [4.78, 5) is 2.57. The van der Waals surface area contributed by atoms with Crippen LogP contribution in [0.4, 0.5) is 0 Å². The SMILES string of the molecule is CCN1CCC(CNC2CCNCc3ccccc32)CC1. The molecule has 0 spiro atoms. The highest BCUT2D eigenvalue weighted by molar-refractivity contribution is 5.31. The van der Waals surface area contributed by atoms with Crippen LogP contribution in [-0.4, -0.2) is 37.6 Å². The van der Waals surface area contributed by atoms with E-state index in [1.165, 1.54) is 56.6 Å². The predicted molar refractivity (Wildman–Crippen MR) is 88.3 cm³/mol. The van der Waals surface area contributed by atoms with Gasteiger partial charge in [0.05, 0.1) is 0 Å². The van der Waals surface area contributed by atoms with E-state index in [1.54, 1.807) is 0 Å². The number of nitrogens with one attached hydrogen (secondary N) is 2. The molecule has 2 heterocycles. The fraction of sp³-hybridized carbons (Fsp3) is 0.667. The van der Waals surface area contributed by atoms with E-state index >= 15 is 0 Å². The van der Waals surface area contributed by atoms with Crippen LogP contribution in [0.5, 0.6) is 0 Å². The summed E-state index contributed by atoms with van der Waals surface area (Å²) in [6, 6.07) is 9.43. The fourth-order valence-electron chi connectivity index (χ4n) is 3.69. The molecule has 0 aliphatic carbocycles. The van der Waals surface area contributed by atoms with E-state index in [1.807, 2.05) is 0 Å². The third kappa shape index (κ3) is 3.85. The van der Waals surface area contributed by atoms with Gasteiger partial charge in [-0.1, -0.05) is 31.2 Å². The quantitative estimate of drug-likeness (QED) is 0.891. The van der Waals surface area contributed by atoms with E-state index in [9.17, 15) is 0 Å². The lowest BCUT2D eigenvalue weighted by Gasteiger charge is -2.32. The van der Waals surface area contributed by atoms with Crippen molar-refractivity contribution in [3.8, 4) is 0 Å². The average molecular weight is 287 g/mol. The van der Waals surface area contributed by atoms with Crippen LogP contribution in [0.1, 0.15) is 43.4 Å². The molecule has 1 fully saturated rings. The minimum absolute atomic E-state index is 0.528. The summed E-state index contributed by atoms with van der Waals surface area (Å²) < 4.78 is 0. The van der Waals surface area contributed by atoms with Crippen molar-refractivity contribution in [3.05, 3.63) is 35.4 Å². The number of rotatable bonds is 4. The second-order valence-electron chi connectivity index (χ2n) is 6.50. The van der Waals surface area contributed by atoms with Crippen molar-refractivity contribution < 1.29 is 0 Å². The van der Waals surface area contributed by atoms with Crippen LogP contribution in [-0.2, 0) is 6.54 Å². The van der Waals surface area contributed by atoms with E-state index in [0.29, 0.717) is 6.04 Å². The molecule has 3 heteroatoms. The van der Waals surface area contributed by atoms with Crippen molar-refractivity contribution in [2.75, 3.05) is 32.7 Å². The Balaban J connectivity index is 1.56. The summed E-state index contributed by atoms with van der Waals surface area (Å²) in [6.07, 6.45) is 3.91. The maximum Gasteiger partial charge on any atom is 0.0335 e. The third-order valence-corrected chi connectivity index (χ3v) is 5.16. The van der Waals surface area contributed by atoms with Crippen LogP contribution in [0.2, 0.25) is 0 Å². The first-order chi connectivity index (χ1) is 10.4. The monoisotopic (exact) mass is 287 g/mol. The molecule has 21 heavy (non-hydrogen) atoms. The summed E-state index contributed by atoms with van der Waals surface area (Å²) in [5, 5.41) is 7.40. The Morgan fingerprint density at radius 2 is 2.00 bits per heavy atom. The van der Waals surface area contributed by atoms with Crippen LogP contribution in [0.25, 0.3) is 0 Å². The molecule has 3 nitrogen and oxygen atoms in total. The number of hydrogen-bond donors (Lipinski definition) is 2. The van der Waals surface area contributed by atoms with Crippen molar-refractivity contribution in [1.29, 1.82) is 0 Å². The zero-order valence-electron chi connectivity index (χ0n) is 13.3. The Hall–Kier alpha value is -0.900. The summed E-state index contributed by atoms with van der Waals surface area (Å²) in [5.74, 6) is 0.858. The molecular weight excluding hydrogens is 258 g/mol. The van der Waals surface area contributed by atoms with Crippen LogP contribution in [0, 0.1) is 5.92 Å². The second-order valence-corrected chi connectivity index (χ2v) is 6.50. The molecule has 0 amide bonds. The topological polar surface area (TPSA) is 27.3 Å². The van der Waals surface area contributed by atoms with Gasteiger partial charge in [-0.2, -0.15) is 0 Å². The van der Waals surface area contributed by atoms with Gasteiger partial charge in [-0.05, 0) is 69.0 Å². The molecule has 2 aliphatic heterocycles. The molecule has 1 atom stereocenters. The highest BCUT2D eigenvalue weighted by Crippen LogP contribution is 2.24. The van der Waals surface area contributed by atoms with Crippen LogP contribution in [0.3, 0.4) is 0 Å². The van der Waals surface area contributed by atoms with Gasteiger partial charge in [0.1, 0.15) is 0 Å². The van der Waals surface area contributed by atoms with Gasteiger partial charge in [0, 0.05) is 12.6 Å². The number of benzene rings is 1. The molecule has 1 unspecified atom stereocenters. The first kappa shape index (κ1) is 15.0. The molecule has 2 N–H and O–H groups in total. The highest BCUT2D eigenvalue weighted by atomic mass is 15.1. The Morgan fingerprint density at radius 3 is 2.81 bits per heavy atom. The van der Waals surface area contributed by atoms with Gasteiger partial charge < -0.3 is 15.5 Å². The van der Waals surface area contributed by atoms with E-state index in [4.69, 9.17) is 0 Å². The van der Waals surface area contributed by atoms with Gasteiger partial charge >= 0.3 is 0 Å². The number of likely N-dealkylation sites (tertiary alicyclic amines) is 1. The Labute approximate surface area is 129 Å². The molecule has 0 radical (unpaired) electrons. The number of piperidine rings is 1. The number of nitrogens with zero attached hydrogens (tertiary/aromatic N) is 1. The molecular formula is C18H29N3. The first-order valence-electron chi connectivity index (χ1n) is 8.61. The molecule has 0 bridgehead atoms. The van der Waals surface area contributed by atoms with E-state index < -0.39 is 0 Å². The Kier molecular flexibility index (Phi) is 5.28. The van der Waals surface area contributed by atoms with E-state index in [2.05, 4.69) is 46.7 Å². The Bertz CT molecular complexity index is 438.